The Bertz CT molecular complexity index is 934. The molecule has 6 heteroatoms. The molecule has 1 aliphatic heterocycles. The molecule has 0 radical (unpaired) electrons. The van der Waals surface area contributed by atoms with Gasteiger partial charge in [-0.1, -0.05) is 48.9 Å². The lowest BCUT2D eigenvalue weighted by Crippen LogP contribution is -2.48. The molecule has 2 aromatic carbocycles. The van der Waals surface area contributed by atoms with Crippen molar-refractivity contribution in [2.45, 2.75) is 57.1 Å². The van der Waals surface area contributed by atoms with Gasteiger partial charge in [0.05, 0.1) is 12.6 Å². The summed E-state index contributed by atoms with van der Waals surface area (Å²) in [4.78, 5) is 17.3. The van der Waals surface area contributed by atoms with E-state index in [4.69, 9.17) is 9.73 Å². The second-order valence-corrected chi connectivity index (χ2v) is 9.09. The van der Waals surface area contributed by atoms with E-state index in [2.05, 4.69) is 53.2 Å². The summed E-state index contributed by atoms with van der Waals surface area (Å²) in [7, 11) is 0. The molecule has 0 spiro atoms. The van der Waals surface area contributed by atoms with Crippen LogP contribution in [0, 0.1) is 0 Å². The zero-order valence-electron chi connectivity index (χ0n) is 19.6. The Balaban J connectivity index is 1.35. The van der Waals surface area contributed by atoms with Gasteiger partial charge in [-0.05, 0) is 55.9 Å². The molecule has 1 amide bonds. The van der Waals surface area contributed by atoms with E-state index >= 15 is 0 Å². The second kappa shape index (κ2) is 11.3. The molecule has 0 aromatic heterocycles. The molecule has 33 heavy (non-hydrogen) atoms. The summed E-state index contributed by atoms with van der Waals surface area (Å²) in [6.45, 7) is 5.62. The molecule has 2 aliphatic rings. The van der Waals surface area contributed by atoms with Gasteiger partial charge in [0.25, 0.3) is 5.91 Å². The lowest BCUT2D eigenvalue weighted by Gasteiger charge is -2.43. The fourth-order valence-corrected chi connectivity index (χ4v) is 4.65. The number of amides is 1. The predicted octanol–water partition coefficient (Wildman–Crippen LogP) is 3.77. The van der Waals surface area contributed by atoms with Crippen LogP contribution in [-0.2, 0) is 16.7 Å². The van der Waals surface area contributed by atoms with E-state index in [1.165, 1.54) is 24.8 Å². The number of carbonyl (C=O) groups excluding carboxylic acids is 1. The number of benzene rings is 2. The number of aliphatic imine (C=N–C) groups is 1. The molecular weight excluding hydrogens is 412 g/mol. The SMILES string of the molecule is CCNC(=NCc1cccc(C(=O)NCC2CCCO2)c1)NCC1(c2ccccc2)CCC1. The predicted molar refractivity (Wildman–Crippen MR) is 133 cm³/mol. The molecule has 1 unspecified atom stereocenters. The van der Waals surface area contributed by atoms with Gasteiger partial charge in [0, 0.05) is 37.2 Å². The summed E-state index contributed by atoms with van der Waals surface area (Å²) in [5, 5.41) is 9.92. The van der Waals surface area contributed by atoms with Crippen molar-refractivity contribution in [3.63, 3.8) is 0 Å². The maximum absolute atomic E-state index is 12.6. The molecule has 3 N–H and O–H groups in total. The molecule has 1 heterocycles. The van der Waals surface area contributed by atoms with Crippen molar-refractivity contribution < 1.29 is 9.53 Å². The van der Waals surface area contributed by atoms with Gasteiger partial charge >= 0.3 is 0 Å². The second-order valence-electron chi connectivity index (χ2n) is 9.09. The van der Waals surface area contributed by atoms with E-state index in [1.54, 1.807) is 0 Å². The third kappa shape index (κ3) is 6.14. The molecule has 1 saturated carbocycles. The Kier molecular flexibility index (Phi) is 8.00. The van der Waals surface area contributed by atoms with Gasteiger partial charge in [-0.2, -0.15) is 0 Å². The Morgan fingerprint density at radius 1 is 1.06 bits per heavy atom. The van der Waals surface area contributed by atoms with Crippen molar-refractivity contribution in [1.29, 1.82) is 0 Å². The molecule has 2 fully saturated rings. The lowest BCUT2D eigenvalue weighted by molar-refractivity contribution is 0.0857. The quantitative estimate of drug-likeness (QED) is 0.403. The van der Waals surface area contributed by atoms with E-state index in [0.29, 0.717) is 18.7 Å². The van der Waals surface area contributed by atoms with Gasteiger partial charge in [-0.15, -0.1) is 0 Å². The van der Waals surface area contributed by atoms with E-state index in [1.807, 2.05) is 24.3 Å². The number of ether oxygens (including phenoxy) is 1. The first-order valence-corrected chi connectivity index (χ1v) is 12.2. The van der Waals surface area contributed by atoms with Crippen molar-refractivity contribution in [3.8, 4) is 0 Å². The molecule has 4 rings (SSSR count). The minimum atomic E-state index is -0.0591. The van der Waals surface area contributed by atoms with Gasteiger partial charge < -0.3 is 20.7 Å². The highest BCUT2D eigenvalue weighted by Crippen LogP contribution is 2.43. The molecule has 1 atom stereocenters. The number of nitrogens with zero attached hydrogens (tertiary/aromatic N) is 1. The van der Waals surface area contributed by atoms with Crippen LogP contribution in [0.2, 0.25) is 0 Å². The summed E-state index contributed by atoms with van der Waals surface area (Å²) < 4.78 is 5.59. The highest BCUT2D eigenvalue weighted by atomic mass is 16.5. The largest absolute Gasteiger partial charge is 0.376 e. The molecule has 1 saturated heterocycles. The maximum Gasteiger partial charge on any atom is 0.251 e. The van der Waals surface area contributed by atoms with Gasteiger partial charge in [-0.25, -0.2) is 4.99 Å². The number of nitrogens with one attached hydrogen (secondary N) is 3. The van der Waals surface area contributed by atoms with Gasteiger partial charge in [-0.3, -0.25) is 4.79 Å². The first kappa shape index (κ1) is 23.3. The minimum absolute atomic E-state index is 0.0591. The molecule has 2 aromatic rings. The third-order valence-corrected chi connectivity index (χ3v) is 6.76. The van der Waals surface area contributed by atoms with Crippen LogP contribution in [0.4, 0.5) is 0 Å². The highest BCUT2D eigenvalue weighted by Gasteiger charge is 2.38. The van der Waals surface area contributed by atoms with E-state index in [9.17, 15) is 4.79 Å². The molecule has 176 valence electrons. The van der Waals surface area contributed by atoms with Crippen molar-refractivity contribution in [3.05, 3.63) is 71.3 Å². The fraction of sp³-hybridized carbons (Fsp3) is 0.481. The lowest BCUT2D eigenvalue weighted by atomic mass is 9.64. The van der Waals surface area contributed by atoms with Crippen molar-refractivity contribution >= 4 is 11.9 Å². The Morgan fingerprint density at radius 2 is 1.91 bits per heavy atom. The average Bonchev–Trinajstić information content (AvgIpc) is 3.35. The van der Waals surface area contributed by atoms with Crippen LogP contribution in [0.25, 0.3) is 0 Å². The Morgan fingerprint density at radius 3 is 2.61 bits per heavy atom. The summed E-state index contributed by atoms with van der Waals surface area (Å²) in [6.07, 6.45) is 5.90. The first-order chi connectivity index (χ1) is 16.2. The first-order valence-electron chi connectivity index (χ1n) is 12.2. The Labute approximate surface area is 197 Å². The molecule has 6 nitrogen and oxygen atoms in total. The summed E-state index contributed by atoms with van der Waals surface area (Å²) in [5.74, 6) is 0.754. The minimum Gasteiger partial charge on any atom is -0.376 e. The number of guanidine groups is 1. The van der Waals surface area contributed by atoms with Crippen LogP contribution in [0.1, 0.15) is 60.5 Å². The number of carbonyl (C=O) groups is 1. The van der Waals surface area contributed by atoms with Gasteiger partial charge in [0.2, 0.25) is 0 Å². The van der Waals surface area contributed by atoms with Crippen molar-refractivity contribution in [1.82, 2.24) is 16.0 Å². The molecule has 1 aliphatic carbocycles. The van der Waals surface area contributed by atoms with E-state index in [-0.39, 0.29) is 17.4 Å². The fourth-order valence-electron chi connectivity index (χ4n) is 4.65. The van der Waals surface area contributed by atoms with Crippen molar-refractivity contribution in [2.24, 2.45) is 4.99 Å². The zero-order chi connectivity index (χ0) is 22.9. The summed E-state index contributed by atoms with van der Waals surface area (Å²) in [5.41, 5.74) is 3.27. The zero-order valence-corrected chi connectivity index (χ0v) is 19.6. The van der Waals surface area contributed by atoms with Gasteiger partial charge in [0.15, 0.2) is 5.96 Å². The topological polar surface area (TPSA) is 74.8 Å². The van der Waals surface area contributed by atoms with E-state index < -0.39 is 0 Å². The van der Waals surface area contributed by atoms with Crippen LogP contribution in [0.15, 0.2) is 59.6 Å². The van der Waals surface area contributed by atoms with Crippen LogP contribution in [0.3, 0.4) is 0 Å². The van der Waals surface area contributed by atoms with Crippen LogP contribution >= 0.6 is 0 Å². The third-order valence-electron chi connectivity index (χ3n) is 6.76. The van der Waals surface area contributed by atoms with Crippen LogP contribution < -0.4 is 16.0 Å². The number of rotatable bonds is 9. The summed E-state index contributed by atoms with van der Waals surface area (Å²) in [6, 6.07) is 18.5. The maximum atomic E-state index is 12.6. The summed E-state index contributed by atoms with van der Waals surface area (Å²) >= 11 is 0. The smallest absolute Gasteiger partial charge is 0.251 e. The molecular formula is C27H36N4O2. The highest BCUT2D eigenvalue weighted by molar-refractivity contribution is 5.94. The molecule has 0 bridgehead atoms. The number of hydrogen-bond acceptors (Lipinski definition) is 3. The average molecular weight is 449 g/mol. The Hall–Kier alpha value is -2.86. The van der Waals surface area contributed by atoms with Gasteiger partial charge in [0.1, 0.15) is 0 Å². The monoisotopic (exact) mass is 448 g/mol. The van der Waals surface area contributed by atoms with Crippen molar-refractivity contribution in [2.75, 3.05) is 26.2 Å². The standard InChI is InChI=1S/C27H36N4O2/c1-2-28-26(31-20-27(14-8-15-27)23-11-4-3-5-12-23)30-18-21-9-6-10-22(17-21)25(32)29-19-24-13-7-16-33-24/h3-6,9-12,17,24H,2,7-8,13-16,18-20H2,1H3,(H,29,32)(H2,28,30,31). The number of hydrogen-bond donors (Lipinski definition) is 3. The van der Waals surface area contributed by atoms with Crippen LogP contribution in [-0.4, -0.2) is 44.2 Å². The van der Waals surface area contributed by atoms with E-state index in [0.717, 1.165) is 44.1 Å². The van der Waals surface area contributed by atoms with Crippen LogP contribution in [0.5, 0.6) is 0 Å². The normalized spacial score (nSPS) is 19.5.